The van der Waals surface area contributed by atoms with Crippen LogP contribution in [0.15, 0.2) is 0 Å². The van der Waals surface area contributed by atoms with E-state index in [1.54, 1.807) is 0 Å². The molecule has 0 aromatic carbocycles. The van der Waals surface area contributed by atoms with Crippen molar-refractivity contribution in [2.24, 2.45) is 11.7 Å². The smallest absolute Gasteiger partial charge is 0.328 e. The molecule has 0 bridgehead atoms. The Morgan fingerprint density at radius 3 is 2.44 bits per heavy atom. The normalized spacial score (nSPS) is 37.9. The summed E-state index contributed by atoms with van der Waals surface area (Å²) in [6.07, 6.45) is -0.289. The Hall–Kier alpha value is -0.290. The van der Waals surface area contributed by atoms with Crippen LogP contribution in [0.25, 0.3) is 0 Å². The first-order valence-corrected chi connectivity index (χ1v) is 6.03. The molecule has 1 heterocycles. The Labute approximate surface area is 94.0 Å². The van der Waals surface area contributed by atoms with Crippen molar-refractivity contribution >= 4 is 0 Å². The van der Waals surface area contributed by atoms with Gasteiger partial charge in [0.15, 0.2) is 0 Å². The summed E-state index contributed by atoms with van der Waals surface area (Å²) in [7, 11) is 0. The van der Waals surface area contributed by atoms with E-state index in [4.69, 9.17) is 5.73 Å². The van der Waals surface area contributed by atoms with E-state index in [0.29, 0.717) is 18.9 Å². The van der Waals surface area contributed by atoms with E-state index < -0.39 is 12.1 Å². The molecule has 2 N–H and O–H groups in total. The van der Waals surface area contributed by atoms with Crippen LogP contribution in [0.1, 0.15) is 32.1 Å². The van der Waals surface area contributed by atoms with Crippen molar-refractivity contribution in [3.63, 3.8) is 0 Å². The van der Waals surface area contributed by atoms with Crippen LogP contribution < -0.4 is 5.73 Å². The predicted octanol–water partition coefficient (Wildman–Crippen LogP) is 2.14. The van der Waals surface area contributed by atoms with Crippen LogP contribution in [-0.2, 0) is 0 Å². The molecule has 0 amide bonds. The van der Waals surface area contributed by atoms with Gasteiger partial charge in [-0.05, 0) is 38.6 Å². The summed E-state index contributed by atoms with van der Waals surface area (Å²) in [5, 5.41) is 0. The fourth-order valence-electron chi connectivity index (χ4n) is 2.93. The van der Waals surface area contributed by atoms with Crippen molar-refractivity contribution in [3.8, 4) is 0 Å². The van der Waals surface area contributed by atoms with E-state index in [1.165, 1.54) is 0 Å². The first-order chi connectivity index (χ1) is 7.47. The van der Waals surface area contributed by atoms with Crippen molar-refractivity contribution in [2.45, 2.75) is 50.4 Å². The average molecular weight is 236 g/mol. The van der Waals surface area contributed by atoms with E-state index in [1.807, 2.05) is 4.90 Å². The number of hydrogen-bond donors (Lipinski definition) is 1. The fourth-order valence-corrected chi connectivity index (χ4v) is 2.93. The van der Waals surface area contributed by atoms with Gasteiger partial charge in [-0.3, -0.25) is 4.90 Å². The summed E-state index contributed by atoms with van der Waals surface area (Å²) >= 11 is 0. The maximum absolute atomic E-state index is 12.6. The van der Waals surface area contributed by atoms with Gasteiger partial charge in [0.2, 0.25) is 0 Å². The highest BCUT2D eigenvalue weighted by atomic mass is 19.4. The van der Waals surface area contributed by atoms with Gasteiger partial charge in [-0.2, -0.15) is 13.2 Å². The minimum Gasteiger partial charge on any atom is -0.328 e. The molecule has 2 aliphatic rings. The maximum atomic E-state index is 12.6. The van der Waals surface area contributed by atoms with Crippen molar-refractivity contribution in [2.75, 3.05) is 13.1 Å². The lowest BCUT2D eigenvalue weighted by Crippen LogP contribution is -2.46. The Kier molecular flexibility index (Phi) is 3.45. The second-order valence-electron chi connectivity index (χ2n) is 5.10. The first-order valence-electron chi connectivity index (χ1n) is 6.03. The second-order valence-corrected chi connectivity index (χ2v) is 5.10. The van der Waals surface area contributed by atoms with Crippen LogP contribution in [-0.4, -0.2) is 36.2 Å². The zero-order valence-corrected chi connectivity index (χ0v) is 9.34. The lowest BCUT2D eigenvalue weighted by molar-refractivity contribution is -0.188. The van der Waals surface area contributed by atoms with E-state index in [2.05, 4.69) is 0 Å². The Morgan fingerprint density at radius 1 is 1.12 bits per heavy atom. The van der Waals surface area contributed by atoms with Gasteiger partial charge in [0, 0.05) is 18.6 Å². The summed E-state index contributed by atoms with van der Waals surface area (Å²) in [6, 6.07) is 0.483. The topological polar surface area (TPSA) is 29.3 Å². The van der Waals surface area contributed by atoms with Gasteiger partial charge in [-0.25, -0.2) is 0 Å². The predicted molar refractivity (Wildman–Crippen MR) is 56.0 cm³/mol. The molecule has 0 aromatic heterocycles. The van der Waals surface area contributed by atoms with Gasteiger partial charge < -0.3 is 5.73 Å². The summed E-state index contributed by atoms with van der Waals surface area (Å²) in [4.78, 5) is 2.01. The van der Waals surface area contributed by atoms with Crippen molar-refractivity contribution < 1.29 is 13.2 Å². The molecule has 1 aliphatic heterocycles. The second kappa shape index (κ2) is 4.53. The molecule has 3 unspecified atom stereocenters. The van der Waals surface area contributed by atoms with Crippen LogP contribution in [0.5, 0.6) is 0 Å². The molecule has 2 rings (SSSR count). The van der Waals surface area contributed by atoms with E-state index in [0.717, 1.165) is 25.8 Å². The van der Waals surface area contributed by atoms with Crippen LogP contribution in [0.4, 0.5) is 13.2 Å². The number of piperidine rings is 1. The molecular formula is C11H19F3N2. The van der Waals surface area contributed by atoms with Crippen molar-refractivity contribution in [3.05, 3.63) is 0 Å². The molecule has 3 atom stereocenters. The largest absolute Gasteiger partial charge is 0.393 e. The molecule has 2 nitrogen and oxygen atoms in total. The van der Waals surface area contributed by atoms with Gasteiger partial charge in [-0.15, -0.1) is 0 Å². The monoisotopic (exact) mass is 236 g/mol. The van der Waals surface area contributed by atoms with Crippen LogP contribution in [0.2, 0.25) is 0 Å². The third kappa shape index (κ3) is 2.69. The lowest BCUT2D eigenvalue weighted by Gasteiger charge is -2.37. The highest BCUT2D eigenvalue weighted by Crippen LogP contribution is 2.35. The summed E-state index contributed by atoms with van der Waals surface area (Å²) in [5.41, 5.74) is 5.80. The number of rotatable bonds is 1. The number of likely N-dealkylation sites (tertiary alicyclic amines) is 1. The molecular weight excluding hydrogens is 217 g/mol. The fraction of sp³-hybridized carbons (Fsp3) is 1.00. The van der Waals surface area contributed by atoms with E-state index >= 15 is 0 Å². The maximum Gasteiger partial charge on any atom is 0.393 e. The number of halogens is 3. The van der Waals surface area contributed by atoms with Gasteiger partial charge in [-0.1, -0.05) is 0 Å². The summed E-state index contributed by atoms with van der Waals surface area (Å²) in [5.74, 6) is -1.13. The average Bonchev–Trinajstić information content (AvgIpc) is 2.64. The third-order valence-electron chi connectivity index (χ3n) is 3.88. The molecule has 16 heavy (non-hydrogen) atoms. The van der Waals surface area contributed by atoms with E-state index in [9.17, 15) is 13.2 Å². The number of nitrogens with zero attached hydrogens (tertiary/aromatic N) is 1. The van der Waals surface area contributed by atoms with Gasteiger partial charge >= 0.3 is 6.18 Å². The Balaban J connectivity index is 1.92. The molecule has 1 aliphatic carbocycles. The molecule has 2 fully saturated rings. The van der Waals surface area contributed by atoms with Gasteiger partial charge in [0.1, 0.15) is 0 Å². The molecule has 1 saturated carbocycles. The summed E-state index contributed by atoms with van der Waals surface area (Å²) < 4.78 is 37.9. The highest BCUT2D eigenvalue weighted by Gasteiger charge is 2.43. The zero-order valence-electron chi connectivity index (χ0n) is 9.34. The first kappa shape index (κ1) is 12.2. The molecule has 0 spiro atoms. The summed E-state index contributed by atoms with van der Waals surface area (Å²) in [6.45, 7) is 0.991. The molecule has 0 aromatic rings. The van der Waals surface area contributed by atoms with Gasteiger partial charge in [0.05, 0.1) is 5.92 Å². The highest BCUT2D eigenvalue weighted by molar-refractivity contribution is 4.88. The number of nitrogens with two attached hydrogens (primary N) is 1. The minimum absolute atomic E-state index is 0.181. The molecule has 1 saturated heterocycles. The Morgan fingerprint density at radius 2 is 1.88 bits per heavy atom. The van der Waals surface area contributed by atoms with Crippen LogP contribution >= 0.6 is 0 Å². The zero-order chi connectivity index (χ0) is 11.8. The number of hydrogen-bond acceptors (Lipinski definition) is 2. The standard InChI is InChI=1S/C11H19F3N2/c12-11(13,14)8-2-1-5-16(7-8)10-4-3-9(15)6-10/h8-10H,1-7,15H2. The molecule has 5 heteroatoms. The quantitative estimate of drug-likeness (QED) is 0.755. The number of alkyl halides is 3. The van der Waals surface area contributed by atoms with Crippen LogP contribution in [0, 0.1) is 5.92 Å². The van der Waals surface area contributed by atoms with Crippen molar-refractivity contribution in [1.29, 1.82) is 0 Å². The molecule has 0 radical (unpaired) electrons. The Bertz CT molecular complexity index is 242. The van der Waals surface area contributed by atoms with Crippen molar-refractivity contribution in [1.82, 2.24) is 4.90 Å². The lowest BCUT2D eigenvalue weighted by atomic mass is 9.96. The van der Waals surface area contributed by atoms with Gasteiger partial charge in [0.25, 0.3) is 0 Å². The third-order valence-corrected chi connectivity index (χ3v) is 3.88. The minimum atomic E-state index is -4.03. The molecule has 94 valence electrons. The van der Waals surface area contributed by atoms with E-state index in [-0.39, 0.29) is 12.6 Å². The van der Waals surface area contributed by atoms with Crippen LogP contribution in [0.3, 0.4) is 0 Å². The SMILES string of the molecule is NC1CCC(N2CCCC(C(F)(F)F)C2)C1.